The Hall–Kier alpha value is -2.99. The molecule has 1 saturated heterocycles. The van der Waals surface area contributed by atoms with E-state index in [9.17, 15) is 4.79 Å². The van der Waals surface area contributed by atoms with Crippen molar-refractivity contribution in [1.29, 1.82) is 0 Å². The molecule has 2 amide bonds. The molecule has 5 rings (SSSR count). The molecule has 0 spiro atoms. The highest BCUT2D eigenvalue weighted by atomic mass is 16.2. The molecule has 3 heterocycles. The smallest absolute Gasteiger partial charge is 0.322 e. The second-order valence-corrected chi connectivity index (χ2v) is 8.53. The third kappa shape index (κ3) is 3.88. The zero-order valence-electron chi connectivity index (χ0n) is 18.2. The molecule has 6 nitrogen and oxygen atoms in total. The van der Waals surface area contributed by atoms with Crippen LogP contribution in [0.2, 0.25) is 0 Å². The Kier molecular flexibility index (Phi) is 5.55. The number of nitrogens with one attached hydrogen (secondary N) is 2. The SMILES string of the molecule is CCNC(=O)N1c2ccccc2CCC1CN1CCN(c2cccc3[nH]ccc23)CC1. The summed E-state index contributed by atoms with van der Waals surface area (Å²) in [6, 6.07) is 17.2. The highest BCUT2D eigenvalue weighted by Crippen LogP contribution is 2.32. The number of carbonyl (C=O) groups excluding carboxylic acids is 1. The quantitative estimate of drug-likeness (QED) is 0.678. The van der Waals surface area contributed by atoms with E-state index in [0.717, 1.165) is 51.3 Å². The van der Waals surface area contributed by atoms with Gasteiger partial charge >= 0.3 is 6.03 Å². The van der Waals surface area contributed by atoms with Gasteiger partial charge in [0.2, 0.25) is 0 Å². The highest BCUT2D eigenvalue weighted by Gasteiger charge is 2.32. The van der Waals surface area contributed by atoms with Crippen LogP contribution in [0.4, 0.5) is 16.2 Å². The first-order chi connectivity index (χ1) is 15.2. The van der Waals surface area contributed by atoms with Crippen molar-refractivity contribution in [3.63, 3.8) is 0 Å². The van der Waals surface area contributed by atoms with Crippen molar-refractivity contribution in [3.05, 3.63) is 60.3 Å². The van der Waals surface area contributed by atoms with Gasteiger partial charge in [-0.15, -0.1) is 0 Å². The number of H-pyrrole nitrogens is 1. The number of carbonyl (C=O) groups is 1. The van der Waals surface area contributed by atoms with Gasteiger partial charge in [0.15, 0.2) is 0 Å². The number of anilines is 2. The molecule has 1 atom stereocenters. The molecule has 2 aliphatic rings. The number of aryl methyl sites for hydroxylation is 1. The molecular weight excluding hydrogens is 386 g/mol. The molecule has 2 N–H and O–H groups in total. The van der Waals surface area contributed by atoms with Crippen LogP contribution in [0.3, 0.4) is 0 Å². The summed E-state index contributed by atoms with van der Waals surface area (Å²) in [5, 5.41) is 4.32. The number of aromatic nitrogens is 1. The molecule has 162 valence electrons. The third-order valence-electron chi connectivity index (χ3n) is 6.66. The Morgan fingerprint density at radius 2 is 1.84 bits per heavy atom. The topological polar surface area (TPSA) is 54.6 Å². The van der Waals surface area contributed by atoms with Gasteiger partial charge in [-0.3, -0.25) is 9.80 Å². The van der Waals surface area contributed by atoms with Crippen molar-refractivity contribution in [1.82, 2.24) is 15.2 Å². The Bertz CT molecular complexity index is 1050. The average Bonchev–Trinajstić information content (AvgIpc) is 3.29. The predicted octanol–water partition coefficient (Wildman–Crippen LogP) is 3.84. The fourth-order valence-electron chi connectivity index (χ4n) is 5.10. The summed E-state index contributed by atoms with van der Waals surface area (Å²) < 4.78 is 0. The maximum Gasteiger partial charge on any atom is 0.322 e. The summed E-state index contributed by atoms with van der Waals surface area (Å²) in [6.07, 6.45) is 4.06. The van der Waals surface area contributed by atoms with Crippen molar-refractivity contribution < 1.29 is 4.79 Å². The number of rotatable bonds is 4. The molecule has 0 bridgehead atoms. The minimum atomic E-state index is 0.0254. The van der Waals surface area contributed by atoms with E-state index in [4.69, 9.17) is 0 Å². The molecular formula is C25H31N5O. The first kappa shape index (κ1) is 19.9. The number of amides is 2. The van der Waals surface area contributed by atoms with E-state index < -0.39 is 0 Å². The van der Waals surface area contributed by atoms with Crippen LogP contribution in [0.25, 0.3) is 10.9 Å². The Morgan fingerprint density at radius 1 is 1.03 bits per heavy atom. The van der Waals surface area contributed by atoms with Gasteiger partial charge in [-0.1, -0.05) is 24.3 Å². The predicted molar refractivity (Wildman–Crippen MR) is 127 cm³/mol. The van der Waals surface area contributed by atoms with E-state index in [0.29, 0.717) is 6.54 Å². The Balaban J connectivity index is 1.28. The van der Waals surface area contributed by atoms with Crippen LogP contribution in [-0.2, 0) is 6.42 Å². The molecule has 31 heavy (non-hydrogen) atoms. The molecule has 0 radical (unpaired) electrons. The van der Waals surface area contributed by atoms with Crippen molar-refractivity contribution >= 4 is 28.3 Å². The lowest BCUT2D eigenvalue weighted by Crippen LogP contribution is -2.56. The number of hydrogen-bond acceptors (Lipinski definition) is 3. The summed E-state index contributed by atoms with van der Waals surface area (Å²) in [4.78, 5) is 23.3. The van der Waals surface area contributed by atoms with Crippen LogP contribution in [0.15, 0.2) is 54.7 Å². The molecule has 3 aromatic rings. The molecule has 2 aliphatic heterocycles. The standard InChI is InChI=1S/C25H31N5O/c1-2-26-25(31)30-20(11-10-19-6-3-4-8-23(19)30)18-28-14-16-29(17-15-28)24-9-5-7-22-21(24)12-13-27-22/h3-9,12-13,20,27H,2,10-11,14-18H2,1H3,(H,26,31). The van der Waals surface area contributed by atoms with Gasteiger partial charge in [0, 0.05) is 67.7 Å². The van der Waals surface area contributed by atoms with Gasteiger partial charge in [-0.2, -0.15) is 0 Å². The normalized spacial score (nSPS) is 19.5. The van der Waals surface area contributed by atoms with Gasteiger partial charge < -0.3 is 15.2 Å². The van der Waals surface area contributed by atoms with Gasteiger partial charge in [-0.25, -0.2) is 4.79 Å². The average molecular weight is 418 g/mol. The summed E-state index contributed by atoms with van der Waals surface area (Å²) >= 11 is 0. The number of nitrogens with zero attached hydrogens (tertiary/aromatic N) is 3. The van der Waals surface area contributed by atoms with E-state index in [-0.39, 0.29) is 12.1 Å². The fraction of sp³-hybridized carbons (Fsp3) is 0.400. The van der Waals surface area contributed by atoms with Crippen LogP contribution < -0.4 is 15.1 Å². The van der Waals surface area contributed by atoms with Gasteiger partial charge in [0.25, 0.3) is 0 Å². The molecule has 0 saturated carbocycles. The lowest BCUT2D eigenvalue weighted by atomic mass is 9.95. The van der Waals surface area contributed by atoms with Gasteiger partial charge in [-0.05, 0) is 49.6 Å². The van der Waals surface area contributed by atoms with Crippen molar-refractivity contribution in [3.8, 4) is 0 Å². The molecule has 6 heteroatoms. The summed E-state index contributed by atoms with van der Waals surface area (Å²) in [7, 11) is 0. The third-order valence-corrected chi connectivity index (χ3v) is 6.66. The maximum atomic E-state index is 12.9. The van der Waals surface area contributed by atoms with Crippen molar-refractivity contribution in [2.75, 3.05) is 49.1 Å². The Morgan fingerprint density at radius 3 is 2.68 bits per heavy atom. The van der Waals surface area contributed by atoms with Crippen LogP contribution >= 0.6 is 0 Å². The highest BCUT2D eigenvalue weighted by molar-refractivity contribution is 5.94. The zero-order valence-corrected chi connectivity index (χ0v) is 18.2. The van der Waals surface area contributed by atoms with Gasteiger partial charge in [0.1, 0.15) is 0 Å². The lowest BCUT2D eigenvalue weighted by Gasteiger charge is -2.42. The zero-order chi connectivity index (χ0) is 21.2. The summed E-state index contributed by atoms with van der Waals surface area (Å²) in [6.45, 7) is 7.60. The van der Waals surface area contributed by atoms with E-state index >= 15 is 0 Å². The lowest BCUT2D eigenvalue weighted by molar-refractivity contribution is 0.221. The van der Waals surface area contributed by atoms with E-state index in [1.807, 2.05) is 24.1 Å². The van der Waals surface area contributed by atoms with E-state index in [1.165, 1.54) is 22.2 Å². The number of urea groups is 1. The summed E-state index contributed by atoms with van der Waals surface area (Å²) in [5.74, 6) is 0. The number of piperazine rings is 1. The van der Waals surface area contributed by atoms with Crippen molar-refractivity contribution in [2.45, 2.75) is 25.8 Å². The van der Waals surface area contributed by atoms with Crippen molar-refractivity contribution in [2.24, 2.45) is 0 Å². The first-order valence-electron chi connectivity index (χ1n) is 11.4. The van der Waals surface area contributed by atoms with E-state index in [2.05, 4.69) is 62.6 Å². The molecule has 0 aliphatic carbocycles. The maximum absolute atomic E-state index is 12.9. The molecule has 1 fully saturated rings. The minimum Gasteiger partial charge on any atom is -0.368 e. The second kappa shape index (κ2) is 8.63. The molecule has 1 aromatic heterocycles. The Labute approximate surface area is 183 Å². The summed E-state index contributed by atoms with van der Waals surface area (Å²) in [5.41, 5.74) is 4.85. The first-order valence-corrected chi connectivity index (χ1v) is 11.4. The number of benzene rings is 2. The van der Waals surface area contributed by atoms with Crippen LogP contribution in [0.5, 0.6) is 0 Å². The van der Waals surface area contributed by atoms with Crippen LogP contribution in [-0.4, -0.2) is 61.2 Å². The monoisotopic (exact) mass is 417 g/mol. The number of para-hydroxylation sites is 1. The second-order valence-electron chi connectivity index (χ2n) is 8.53. The largest absolute Gasteiger partial charge is 0.368 e. The van der Waals surface area contributed by atoms with E-state index in [1.54, 1.807) is 0 Å². The number of hydrogen-bond donors (Lipinski definition) is 2. The molecule has 1 unspecified atom stereocenters. The van der Waals surface area contributed by atoms with Crippen LogP contribution in [0, 0.1) is 0 Å². The number of fused-ring (bicyclic) bond motifs is 2. The van der Waals surface area contributed by atoms with Gasteiger partial charge in [0.05, 0.1) is 6.04 Å². The van der Waals surface area contributed by atoms with Crippen LogP contribution in [0.1, 0.15) is 18.9 Å². The molecule has 2 aromatic carbocycles. The minimum absolute atomic E-state index is 0.0254. The number of aromatic amines is 1. The fourth-order valence-corrected chi connectivity index (χ4v) is 5.10.